The molecule has 1 heterocycles. The van der Waals surface area contributed by atoms with Gasteiger partial charge in [0.05, 0.1) is 11.2 Å². The summed E-state index contributed by atoms with van der Waals surface area (Å²) in [5.74, 6) is -0.0162. The highest BCUT2D eigenvalue weighted by Gasteiger charge is 2.40. The number of nitrogens with zero attached hydrogens (tertiary/aromatic N) is 1. The Hall–Kier alpha value is -1.46. The number of morpholine rings is 1. The minimum absolute atomic E-state index is 0.0162. The smallest absolute Gasteiger partial charge is 0.254 e. The predicted molar refractivity (Wildman–Crippen MR) is 87.5 cm³/mol. The molecule has 0 aliphatic carbocycles. The number of hydrogen-bond acceptors (Lipinski definition) is 3. The molecule has 0 radical (unpaired) electrons. The quantitative estimate of drug-likeness (QED) is 0.852. The van der Waals surface area contributed by atoms with Gasteiger partial charge in [0, 0.05) is 24.2 Å². The fourth-order valence-corrected chi connectivity index (χ4v) is 3.05. The zero-order chi connectivity index (χ0) is 15.8. The van der Waals surface area contributed by atoms with Crippen molar-refractivity contribution in [2.75, 3.05) is 13.1 Å². The van der Waals surface area contributed by atoms with Crippen molar-refractivity contribution in [3.63, 3.8) is 0 Å². The van der Waals surface area contributed by atoms with Gasteiger partial charge in [0.25, 0.3) is 5.91 Å². The Labute approximate surface area is 131 Å². The van der Waals surface area contributed by atoms with E-state index < -0.39 is 0 Å². The summed E-state index contributed by atoms with van der Waals surface area (Å²) >= 11 is 4.97. The number of benzene rings is 1. The van der Waals surface area contributed by atoms with Crippen LogP contribution < -0.4 is 5.73 Å². The second-order valence-electron chi connectivity index (χ2n) is 6.73. The number of ether oxygens (including phenoxy) is 1. The van der Waals surface area contributed by atoms with Crippen LogP contribution in [0, 0.1) is 0 Å². The molecule has 2 rings (SSSR count). The SMILES string of the molecule is CC1(C)CN(C(=O)c2cccc(C(N)=S)c2)CC(C)(C)O1. The van der Waals surface area contributed by atoms with Gasteiger partial charge < -0.3 is 15.4 Å². The molecular formula is C16H22N2O2S. The molecule has 0 spiro atoms. The van der Waals surface area contributed by atoms with Crippen LogP contribution in [0.15, 0.2) is 24.3 Å². The van der Waals surface area contributed by atoms with Crippen molar-refractivity contribution in [2.24, 2.45) is 5.73 Å². The summed E-state index contributed by atoms with van der Waals surface area (Å²) in [4.78, 5) is 14.9. The molecule has 2 N–H and O–H groups in total. The molecule has 0 unspecified atom stereocenters. The third-order valence-corrected chi connectivity index (χ3v) is 3.61. The standard InChI is InChI=1S/C16H22N2O2S/c1-15(2)9-18(10-16(3,4)20-15)14(19)12-7-5-6-11(8-12)13(17)21/h5-8H,9-10H2,1-4H3,(H2,17,21). The normalized spacial score (nSPS) is 20.1. The first-order chi connectivity index (χ1) is 9.60. The molecule has 0 saturated carbocycles. The third-order valence-electron chi connectivity index (χ3n) is 3.38. The van der Waals surface area contributed by atoms with Crippen molar-refractivity contribution < 1.29 is 9.53 Å². The van der Waals surface area contributed by atoms with Crippen molar-refractivity contribution in [3.05, 3.63) is 35.4 Å². The Morgan fingerprint density at radius 3 is 2.24 bits per heavy atom. The Balaban J connectivity index is 2.27. The average molecular weight is 306 g/mol. The Morgan fingerprint density at radius 2 is 1.71 bits per heavy atom. The largest absolute Gasteiger partial charge is 0.389 e. The number of carbonyl (C=O) groups is 1. The van der Waals surface area contributed by atoms with E-state index in [-0.39, 0.29) is 17.1 Å². The van der Waals surface area contributed by atoms with Crippen molar-refractivity contribution in [2.45, 2.75) is 38.9 Å². The van der Waals surface area contributed by atoms with Gasteiger partial charge in [-0.1, -0.05) is 24.4 Å². The monoisotopic (exact) mass is 306 g/mol. The maximum absolute atomic E-state index is 12.7. The van der Waals surface area contributed by atoms with Crippen LogP contribution in [-0.4, -0.2) is 40.1 Å². The first-order valence-corrected chi connectivity index (χ1v) is 7.40. The highest BCUT2D eigenvalue weighted by Crippen LogP contribution is 2.29. The van der Waals surface area contributed by atoms with Gasteiger partial charge in [-0.15, -0.1) is 0 Å². The van der Waals surface area contributed by atoms with Crippen LogP contribution in [0.5, 0.6) is 0 Å². The summed E-state index contributed by atoms with van der Waals surface area (Å²) in [7, 11) is 0. The lowest BCUT2D eigenvalue weighted by molar-refractivity contribution is -0.171. The first kappa shape index (κ1) is 15.9. The maximum Gasteiger partial charge on any atom is 0.254 e. The van der Waals surface area contributed by atoms with Crippen LogP contribution in [0.25, 0.3) is 0 Å². The van der Waals surface area contributed by atoms with Crippen LogP contribution in [0.1, 0.15) is 43.6 Å². The van der Waals surface area contributed by atoms with Crippen LogP contribution in [0.4, 0.5) is 0 Å². The van der Waals surface area contributed by atoms with Crippen molar-refractivity contribution >= 4 is 23.1 Å². The topological polar surface area (TPSA) is 55.6 Å². The fraction of sp³-hybridized carbons (Fsp3) is 0.500. The molecule has 1 aliphatic heterocycles. The summed E-state index contributed by atoms with van der Waals surface area (Å²) in [6, 6.07) is 7.16. The lowest BCUT2D eigenvalue weighted by atomic mass is 9.98. The van der Waals surface area contributed by atoms with Gasteiger partial charge in [-0.25, -0.2) is 0 Å². The number of amides is 1. The molecule has 0 bridgehead atoms. The zero-order valence-electron chi connectivity index (χ0n) is 13.0. The minimum atomic E-state index is -0.363. The van der Waals surface area contributed by atoms with Gasteiger partial charge in [0.1, 0.15) is 4.99 Å². The van der Waals surface area contributed by atoms with E-state index in [0.29, 0.717) is 29.2 Å². The van der Waals surface area contributed by atoms with E-state index in [1.54, 1.807) is 18.2 Å². The second kappa shape index (κ2) is 5.39. The lowest BCUT2D eigenvalue weighted by Crippen LogP contribution is -2.58. The average Bonchev–Trinajstić information content (AvgIpc) is 2.34. The van der Waals surface area contributed by atoms with Gasteiger partial charge in [-0.3, -0.25) is 4.79 Å². The van der Waals surface area contributed by atoms with E-state index in [0.717, 1.165) is 0 Å². The molecular weight excluding hydrogens is 284 g/mol. The fourth-order valence-electron chi connectivity index (χ4n) is 2.92. The Bertz CT molecular complexity index is 565. The van der Waals surface area contributed by atoms with Crippen molar-refractivity contribution in [3.8, 4) is 0 Å². The van der Waals surface area contributed by atoms with E-state index in [9.17, 15) is 4.79 Å². The first-order valence-electron chi connectivity index (χ1n) is 6.99. The summed E-state index contributed by atoms with van der Waals surface area (Å²) in [6.07, 6.45) is 0. The molecule has 4 nitrogen and oxygen atoms in total. The summed E-state index contributed by atoms with van der Waals surface area (Å²) < 4.78 is 6.00. The molecule has 1 aliphatic rings. The van der Waals surface area contributed by atoms with Crippen LogP contribution in [0.3, 0.4) is 0 Å². The predicted octanol–water partition coefficient (Wildman–Crippen LogP) is 2.35. The van der Waals surface area contributed by atoms with Crippen LogP contribution in [0.2, 0.25) is 0 Å². The lowest BCUT2D eigenvalue weighted by Gasteiger charge is -2.47. The molecule has 5 heteroatoms. The Kier molecular flexibility index (Phi) is 4.08. The summed E-state index contributed by atoms with van der Waals surface area (Å²) in [5.41, 5.74) is 6.22. The van der Waals surface area contributed by atoms with Gasteiger partial charge >= 0.3 is 0 Å². The van der Waals surface area contributed by atoms with E-state index in [2.05, 4.69) is 0 Å². The number of rotatable bonds is 2. The molecule has 1 aromatic rings. The molecule has 1 amide bonds. The molecule has 0 aromatic heterocycles. The van der Waals surface area contributed by atoms with Crippen molar-refractivity contribution in [1.29, 1.82) is 0 Å². The van der Waals surface area contributed by atoms with E-state index in [4.69, 9.17) is 22.7 Å². The summed E-state index contributed by atoms with van der Waals surface area (Å²) in [5, 5.41) is 0. The minimum Gasteiger partial charge on any atom is -0.389 e. The van der Waals surface area contributed by atoms with E-state index in [1.807, 2.05) is 38.7 Å². The van der Waals surface area contributed by atoms with Gasteiger partial charge in [-0.2, -0.15) is 0 Å². The maximum atomic E-state index is 12.7. The summed E-state index contributed by atoms with van der Waals surface area (Å²) in [6.45, 7) is 9.12. The molecule has 1 aromatic carbocycles. The Morgan fingerprint density at radius 1 is 1.19 bits per heavy atom. The molecule has 1 saturated heterocycles. The number of hydrogen-bond donors (Lipinski definition) is 1. The van der Waals surface area contributed by atoms with E-state index in [1.165, 1.54) is 0 Å². The van der Waals surface area contributed by atoms with Gasteiger partial charge in [-0.05, 0) is 39.8 Å². The molecule has 114 valence electrons. The van der Waals surface area contributed by atoms with Gasteiger partial charge in [0.2, 0.25) is 0 Å². The number of nitrogens with two attached hydrogens (primary N) is 1. The number of carbonyl (C=O) groups excluding carboxylic acids is 1. The van der Waals surface area contributed by atoms with Crippen LogP contribution >= 0.6 is 12.2 Å². The molecule has 1 fully saturated rings. The molecule has 0 atom stereocenters. The highest BCUT2D eigenvalue weighted by atomic mass is 32.1. The second-order valence-corrected chi connectivity index (χ2v) is 7.17. The third kappa shape index (κ3) is 3.80. The molecule has 21 heavy (non-hydrogen) atoms. The zero-order valence-corrected chi connectivity index (χ0v) is 13.8. The van der Waals surface area contributed by atoms with Crippen molar-refractivity contribution in [1.82, 2.24) is 4.90 Å². The van der Waals surface area contributed by atoms with E-state index >= 15 is 0 Å². The van der Waals surface area contributed by atoms with Gasteiger partial charge in [0.15, 0.2) is 0 Å². The number of thiocarbonyl (C=S) groups is 1. The van der Waals surface area contributed by atoms with Crippen LogP contribution in [-0.2, 0) is 4.74 Å². The highest BCUT2D eigenvalue weighted by molar-refractivity contribution is 7.80.